The second-order valence-electron chi connectivity index (χ2n) is 4.39. The van der Waals surface area contributed by atoms with E-state index in [0.717, 1.165) is 36.8 Å². The fraction of sp³-hybridized carbons (Fsp3) is 0.357. The predicted octanol–water partition coefficient (Wildman–Crippen LogP) is 2.03. The van der Waals surface area contributed by atoms with Crippen molar-refractivity contribution in [3.05, 3.63) is 53.7 Å². The number of hydrogen-bond donors (Lipinski definition) is 1. The van der Waals surface area contributed by atoms with Crippen molar-refractivity contribution in [1.82, 2.24) is 15.2 Å². The summed E-state index contributed by atoms with van der Waals surface area (Å²) in [5, 5.41) is 3.07. The lowest BCUT2D eigenvalue weighted by Gasteiger charge is -2.14. The molecule has 0 spiro atoms. The summed E-state index contributed by atoms with van der Waals surface area (Å²) >= 11 is 0. The van der Waals surface area contributed by atoms with Crippen LogP contribution in [0, 0.1) is 0 Å². The molecule has 96 valence electrons. The molecular formula is C14H19N3O. The fourth-order valence-corrected chi connectivity index (χ4v) is 1.87. The highest BCUT2D eigenvalue weighted by Crippen LogP contribution is 2.11. The number of pyridine rings is 1. The Bertz CT molecular complexity index is 467. The quantitative estimate of drug-likeness (QED) is 0.845. The van der Waals surface area contributed by atoms with E-state index in [1.165, 1.54) is 0 Å². The second kappa shape index (κ2) is 6.33. The average Bonchev–Trinajstić information content (AvgIpc) is 2.78. The van der Waals surface area contributed by atoms with Crippen LogP contribution in [-0.4, -0.2) is 24.0 Å². The Morgan fingerprint density at radius 2 is 2.00 bits per heavy atom. The van der Waals surface area contributed by atoms with E-state index >= 15 is 0 Å². The Morgan fingerprint density at radius 1 is 1.17 bits per heavy atom. The number of nitrogens with one attached hydrogen (secondary N) is 1. The van der Waals surface area contributed by atoms with Gasteiger partial charge in [-0.2, -0.15) is 0 Å². The van der Waals surface area contributed by atoms with E-state index in [9.17, 15) is 0 Å². The van der Waals surface area contributed by atoms with Crippen molar-refractivity contribution in [3.63, 3.8) is 0 Å². The molecule has 2 aromatic rings. The highest BCUT2D eigenvalue weighted by molar-refractivity contribution is 5.08. The van der Waals surface area contributed by atoms with Gasteiger partial charge in [0.25, 0.3) is 0 Å². The molecule has 4 heteroatoms. The molecule has 0 aromatic carbocycles. The highest BCUT2D eigenvalue weighted by Gasteiger charge is 2.06. The molecule has 2 aromatic heterocycles. The van der Waals surface area contributed by atoms with Crippen LogP contribution in [0.2, 0.25) is 0 Å². The van der Waals surface area contributed by atoms with Crippen molar-refractivity contribution in [2.75, 3.05) is 14.1 Å². The SMILES string of the molecule is CNCc1ccc(CN(C)Cc2ccccn2)o1. The van der Waals surface area contributed by atoms with Crippen molar-refractivity contribution < 1.29 is 4.42 Å². The van der Waals surface area contributed by atoms with E-state index in [1.54, 1.807) is 0 Å². The van der Waals surface area contributed by atoms with Crippen molar-refractivity contribution in [1.29, 1.82) is 0 Å². The first-order valence-electron chi connectivity index (χ1n) is 6.08. The topological polar surface area (TPSA) is 41.3 Å². The molecular weight excluding hydrogens is 226 g/mol. The largest absolute Gasteiger partial charge is 0.463 e. The first-order valence-corrected chi connectivity index (χ1v) is 6.08. The van der Waals surface area contributed by atoms with Crippen LogP contribution in [0.15, 0.2) is 40.9 Å². The van der Waals surface area contributed by atoms with Gasteiger partial charge in [0.2, 0.25) is 0 Å². The van der Waals surface area contributed by atoms with Gasteiger partial charge in [0.15, 0.2) is 0 Å². The van der Waals surface area contributed by atoms with Gasteiger partial charge < -0.3 is 9.73 Å². The monoisotopic (exact) mass is 245 g/mol. The molecule has 0 aliphatic heterocycles. The van der Waals surface area contributed by atoms with E-state index in [2.05, 4.69) is 22.2 Å². The van der Waals surface area contributed by atoms with E-state index in [1.807, 2.05) is 43.6 Å². The van der Waals surface area contributed by atoms with E-state index < -0.39 is 0 Å². The van der Waals surface area contributed by atoms with Gasteiger partial charge in [-0.05, 0) is 38.4 Å². The van der Waals surface area contributed by atoms with Crippen LogP contribution in [0.1, 0.15) is 17.2 Å². The van der Waals surface area contributed by atoms with Gasteiger partial charge in [-0.15, -0.1) is 0 Å². The molecule has 0 amide bonds. The minimum atomic E-state index is 0.768. The number of rotatable bonds is 6. The molecule has 0 radical (unpaired) electrons. The van der Waals surface area contributed by atoms with Crippen LogP contribution in [0.4, 0.5) is 0 Å². The molecule has 0 aliphatic rings. The maximum absolute atomic E-state index is 5.71. The van der Waals surface area contributed by atoms with Crippen LogP contribution in [0.3, 0.4) is 0 Å². The van der Waals surface area contributed by atoms with Crippen LogP contribution in [0.25, 0.3) is 0 Å². The molecule has 0 saturated carbocycles. The van der Waals surface area contributed by atoms with Crippen LogP contribution in [-0.2, 0) is 19.6 Å². The lowest BCUT2D eigenvalue weighted by Crippen LogP contribution is -2.17. The lowest BCUT2D eigenvalue weighted by atomic mass is 10.3. The summed E-state index contributed by atoms with van der Waals surface area (Å²) < 4.78 is 5.71. The van der Waals surface area contributed by atoms with E-state index in [-0.39, 0.29) is 0 Å². The number of hydrogen-bond acceptors (Lipinski definition) is 4. The van der Waals surface area contributed by atoms with Gasteiger partial charge >= 0.3 is 0 Å². The molecule has 0 saturated heterocycles. The Kier molecular flexibility index (Phi) is 4.50. The Labute approximate surface area is 108 Å². The fourth-order valence-electron chi connectivity index (χ4n) is 1.87. The van der Waals surface area contributed by atoms with Gasteiger partial charge in [0, 0.05) is 12.7 Å². The van der Waals surface area contributed by atoms with Crippen molar-refractivity contribution >= 4 is 0 Å². The minimum absolute atomic E-state index is 0.768. The summed E-state index contributed by atoms with van der Waals surface area (Å²) in [5.74, 6) is 1.96. The van der Waals surface area contributed by atoms with Crippen LogP contribution >= 0.6 is 0 Å². The molecule has 0 atom stereocenters. The maximum atomic E-state index is 5.71. The van der Waals surface area contributed by atoms with Gasteiger partial charge in [-0.25, -0.2) is 0 Å². The first-order chi connectivity index (χ1) is 8.78. The Morgan fingerprint density at radius 3 is 2.72 bits per heavy atom. The zero-order valence-electron chi connectivity index (χ0n) is 10.9. The van der Waals surface area contributed by atoms with Gasteiger partial charge in [0.05, 0.1) is 18.8 Å². The molecule has 0 unspecified atom stereocenters. The second-order valence-corrected chi connectivity index (χ2v) is 4.39. The predicted molar refractivity (Wildman–Crippen MR) is 70.9 cm³/mol. The molecule has 18 heavy (non-hydrogen) atoms. The van der Waals surface area contributed by atoms with Gasteiger partial charge in [-0.3, -0.25) is 9.88 Å². The highest BCUT2D eigenvalue weighted by atomic mass is 16.3. The van der Waals surface area contributed by atoms with Gasteiger partial charge in [-0.1, -0.05) is 6.07 Å². The minimum Gasteiger partial charge on any atom is -0.463 e. The average molecular weight is 245 g/mol. The maximum Gasteiger partial charge on any atom is 0.118 e. The summed E-state index contributed by atoms with van der Waals surface area (Å²) in [5.41, 5.74) is 1.07. The van der Waals surface area contributed by atoms with E-state index in [0.29, 0.717) is 0 Å². The number of nitrogens with zero attached hydrogens (tertiary/aromatic N) is 2. The van der Waals surface area contributed by atoms with Crippen LogP contribution in [0.5, 0.6) is 0 Å². The third-order valence-electron chi connectivity index (χ3n) is 2.65. The summed E-state index contributed by atoms with van der Waals surface area (Å²) in [6.45, 7) is 2.38. The molecule has 1 N–H and O–H groups in total. The van der Waals surface area contributed by atoms with Crippen molar-refractivity contribution in [3.8, 4) is 0 Å². The normalized spacial score (nSPS) is 11.1. The molecule has 0 bridgehead atoms. The third kappa shape index (κ3) is 3.68. The standard InChI is InChI=1S/C14H19N3O/c1-15-9-13-6-7-14(18-13)11-17(2)10-12-5-3-4-8-16-12/h3-8,15H,9-11H2,1-2H3. The third-order valence-corrected chi connectivity index (χ3v) is 2.65. The number of furan rings is 1. The summed E-state index contributed by atoms with van der Waals surface area (Å²) in [4.78, 5) is 6.50. The van der Waals surface area contributed by atoms with Crippen molar-refractivity contribution in [2.24, 2.45) is 0 Å². The lowest BCUT2D eigenvalue weighted by molar-refractivity contribution is 0.280. The Hall–Kier alpha value is -1.65. The summed E-state index contributed by atoms with van der Waals surface area (Å²) in [7, 11) is 3.98. The Balaban J connectivity index is 1.88. The number of aromatic nitrogens is 1. The molecule has 0 aliphatic carbocycles. The zero-order chi connectivity index (χ0) is 12.8. The summed E-state index contributed by atoms with van der Waals surface area (Å²) in [6, 6.07) is 10.0. The molecule has 4 nitrogen and oxygen atoms in total. The summed E-state index contributed by atoms with van der Waals surface area (Å²) in [6.07, 6.45) is 1.82. The van der Waals surface area contributed by atoms with Crippen molar-refractivity contribution in [2.45, 2.75) is 19.6 Å². The van der Waals surface area contributed by atoms with E-state index in [4.69, 9.17) is 4.42 Å². The zero-order valence-corrected chi connectivity index (χ0v) is 10.9. The first kappa shape index (κ1) is 12.8. The van der Waals surface area contributed by atoms with Gasteiger partial charge in [0.1, 0.15) is 11.5 Å². The molecule has 2 rings (SSSR count). The molecule has 0 fully saturated rings. The van der Waals surface area contributed by atoms with Crippen LogP contribution < -0.4 is 5.32 Å². The smallest absolute Gasteiger partial charge is 0.118 e. The molecule has 2 heterocycles.